The summed E-state index contributed by atoms with van der Waals surface area (Å²) in [6.45, 7) is 0.914. The van der Waals surface area contributed by atoms with Crippen LogP contribution in [0.5, 0.6) is 0 Å². The van der Waals surface area contributed by atoms with Crippen molar-refractivity contribution < 1.29 is 9.53 Å². The fourth-order valence-electron chi connectivity index (χ4n) is 1.86. The van der Waals surface area contributed by atoms with Gasteiger partial charge in [0.1, 0.15) is 11.4 Å². The summed E-state index contributed by atoms with van der Waals surface area (Å²) < 4.78 is 4.75. The maximum Gasteiger partial charge on any atom is 0.341 e. The molecular weight excluding hydrogens is 272 g/mol. The van der Waals surface area contributed by atoms with Crippen molar-refractivity contribution in [2.75, 3.05) is 18.6 Å². The summed E-state index contributed by atoms with van der Waals surface area (Å²) >= 11 is 3.58. The highest BCUT2D eigenvalue weighted by Crippen LogP contribution is 2.29. The molecule has 0 aliphatic carbocycles. The molecule has 0 amide bonds. The molecule has 2 rings (SSSR count). The molecular formula is C11H13BrN2O2. The third-order valence-electron chi connectivity index (χ3n) is 2.64. The highest BCUT2D eigenvalue weighted by atomic mass is 79.9. The summed E-state index contributed by atoms with van der Waals surface area (Å²) in [7, 11) is 1.38. The molecule has 0 radical (unpaired) electrons. The number of alkyl halides is 1. The SMILES string of the molecule is COC(=O)c1cccnc1N1CCCC1Br. The third kappa shape index (κ3) is 2.04. The van der Waals surface area contributed by atoms with Gasteiger partial charge in [0.2, 0.25) is 0 Å². The topological polar surface area (TPSA) is 42.4 Å². The Hall–Kier alpha value is -1.10. The van der Waals surface area contributed by atoms with Crippen LogP contribution in [-0.4, -0.2) is 29.6 Å². The second-order valence-corrected chi connectivity index (χ2v) is 4.69. The van der Waals surface area contributed by atoms with Crippen molar-refractivity contribution in [2.45, 2.75) is 17.8 Å². The van der Waals surface area contributed by atoms with Crippen LogP contribution >= 0.6 is 15.9 Å². The zero-order chi connectivity index (χ0) is 11.5. The van der Waals surface area contributed by atoms with Crippen molar-refractivity contribution in [2.24, 2.45) is 0 Å². The van der Waals surface area contributed by atoms with Gasteiger partial charge in [0.25, 0.3) is 0 Å². The molecule has 0 bridgehead atoms. The zero-order valence-electron chi connectivity index (χ0n) is 9.02. The summed E-state index contributed by atoms with van der Waals surface area (Å²) in [6.07, 6.45) is 3.87. The van der Waals surface area contributed by atoms with E-state index < -0.39 is 0 Å². The Labute approximate surface area is 103 Å². The number of esters is 1. The normalized spacial score (nSPS) is 19.9. The van der Waals surface area contributed by atoms with Gasteiger partial charge in [-0.25, -0.2) is 9.78 Å². The van der Waals surface area contributed by atoms with Crippen molar-refractivity contribution in [1.29, 1.82) is 0 Å². The quantitative estimate of drug-likeness (QED) is 0.474. The minimum atomic E-state index is -0.338. The lowest BCUT2D eigenvalue weighted by atomic mass is 10.2. The lowest BCUT2D eigenvalue weighted by Crippen LogP contribution is -2.27. The Bertz CT molecular complexity index is 397. The molecule has 1 atom stereocenters. The second-order valence-electron chi connectivity index (χ2n) is 3.64. The van der Waals surface area contributed by atoms with Crippen LogP contribution in [0.2, 0.25) is 0 Å². The monoisotopic (exact) mass is 284 g/mol. The Balaban J connectivity index is 2.36. The van der Waals surface area contributed by atoms with Gasteiger partial charge in [-0.15, -0.1) is 0 Å². The van der Waals surface area contributed by atoms with E-state index in [0.29, 0.717) is 11.4 Å². The first-order chi connectivity index (χ1) is 7.74. The van der Waals surface area contributed by atoms with Crippen LogP contribution in [0.4, 0.5) is 5.82 Å². The summed E-state index contributed by atoms with van der Waals surface area (Å²) in [5.74, 6) is 0.364. The average Bonchev–Trinajstić information content (AvgIpc) is 2.74. The van der Waals surface area contributed by atoms with Crippen molar-refractivity contribution in [1.82, 2.24) is 4.98 Å². The van der Waals surface area contributed by atoms with Gasteiger partial charge < -0.3 is 9.64 Å². The summed E-state index contributed by atoms with van der Waals surface area (Å²) in [5.41, 5.74) is 0.524. The number of ether oxygens (including phenoxy) is 1. The molecule has 0 spiro atoms. The molecule has 1 saturated heterocycles. The molecule has 1 aromatic heterocycles. The van der Waals surface area contributed by atoms with E-state index in [-0.39, 0.29) is 10.9 Å². The van der Waals surface area contributed by atoms with E-state index in [2.05, 4.69) is 25.8 Å². The number of hydrogen-bond acceptors (Lipinski definition) is 4. The van der Waals surface area contributed by atoms with Crippen molar-refractivity contribution in [3.05, 3.63) is 23.9 Å². The number of anilines is 1. The van der Waals surface area contributed by atoms with Gasteiger partial charge in [0.15, 0.2) is 0 Å². The first-order valence-electron chi connectivity index (χ1n) is 5.18. The average molecular weight is 285 g/mol. The van der Waals surface area contributed by atoms with Gasteiger partial charge in [0, 0.05) is 12.7 Å². The van der Waals surface area contributed by atoms with E-state index in [4.69, 9.17) is 4.74 Å². The number of aromatic nitrogens is 1. The molecule has 1 aromatic rings. The Morgan fingerprint density at radius 2 is 2.50 bits per heavy atom. The molecule has 0 aromatic carbocycles. The number of pyridine rings is 1. The van der Waals surface area contributed by atoms with Gasteiger partial charge in [-0.05, 0) is 25.0 Å². The zero-order valence-corrected chi connectivity index (χ0v) is 10.6. The van der Waals surface area contributed by atoms with Crippen molar-refractivity contribution in [3.8, 4) is 0 Å². The van der Waals surface area contributed by atoms with Crippen LogP contribution in [0, 0.1) is 0 Å². The molecule has 1 aliphatic rings. The molecule has 1 unspecified atom stereocenters. The molecule has 0 N–H and O–H groups in total. The minimum absolute atomic E-state index is 0.255. The number of carbonyl (C=O) groups is 1. The van der Waals surface area contributed by atoms with Gasteiger partial charge >= 0.3 is 5.97 Å². The standard InChI is InChI=1S/C11H13BrN2O2/c1-16-11(15)8-4-2-6-13-10(8)14-7-3-5-9(14)12/h2,4,6,9H,3,5,7H2,1H3. The van der Waals surface area contributed by atoms with Crippen LogP contribution in [0.3, 0.4) is 0 Å². The van der Waals surface area contributed by atoms with Crippen LogP contribution < -0.4 is 4.90 Å². The number of halogens is 1. The Kier molecular flexibility index (Phi) is 3.43. The van der Waals surface area contributed by atoms with Gasteiger partial charge in [-0.1, -0.05) is 15.9 Å². The van der Waals surface area contributed by atoms with Crippen LogP contribution in [0.15, 0.2) is 18.3 Å². The van der Waals surface area contributed by atoms with E-state index >= 15 is 0 Å². The molecule has 4 nitrogen and oxygen atoms in total. The number of nitrogens with zero attached hydrogens (tertiary/aromatic N) is 2. The van der Waals surface area contributed by atoms with E-state index in [1.54, 1.807) is 18.3 Å². The minimum Gasteiger partial charge on any atom is -0.465 e. The van der Waals surface area contributed by atoms with Crippen LogP contribution in [-0.2, 0) is 4.74 Å². The van der Waals surface area contributed by atoms with Crippen LogP contribution in [0.1, 0.15) is 23.2 Å². The summed E-state index contributed by atoms with van der Waals surface area (Å²) in [5, 5.41) is 0. The highest BCUT2D eigenvalue weighted by molar-refractivity contribution is 9.09. The predicted octanol–water partition coefficient (Wildman–Crippen LogP) is 2.19. The van der Waals surface area contributed by atoms with Gasteiger partial charge in [-0.3, -0.25) is 0 Å². The van der Waals surface area contributed by atoms with E-state index in [9.17, 15) is 4.79 Å². The lowest BCUT2D eigenvalue weighted by Gasteiger charge is -2.22. The Morgan fingerprint density at radius 1 is 1.69 bits per heavy atom. The number of carbonyl (C=O) groups excluding carboxylic acids is 1. The fourth-order valence-corrected chi connectivity index (χ4v) is 2.58. The number of hydrogen-bond donors (Lipinski definition) is 0. The van der Waals surface area contributed by atoms with Crippen LogP contribution in [0.25, 0.3) is 0 Å². The molecule has 86 valence electrons. The van der Waals surface area contributed by atoms with Crippen molar-refractivity contribution in [3.63, 3.8) is 0 Å². The number of rotatable bonds is 2. The van der Waals surface area contributed by atoms with E-state index in [1.165, 1.54) is 7.11 Å². The molecule has 16 heavy (non-hydrogen) atoms. The molecule has 0 saturated carbocycles. The summed E-state index contributed by atoms with van der Waals surface area (Å²) in [4.78, 5) is 18.2. The summed E-state index contributed by atoms with van der Waals surface area (Å²) in [6, 6.07) is 3.49. The lowest BCUT2D eigenvalue weighted by molar-refractivity contribution is 0.0601. The van der Waals surface area contributed by atoms with E-state index in [0.717, 1.165) is 19.4 Å². The van der Waals surface area contributed by atoms with Crippen molar-refractivity contribution >= 4 is 27.7 Å². The smallest absolute Gasteiger partial charge is 0.341 e. The highest BCUT2D eigenvalue weighted by Gasteiger charge is 2.26. The molecule has 2 heterocycles. The molecule has 5 heteroatoms. The first kappa shape index (κ1) is 11.4. The maximum absolute atomic E-state index is 11.6. The van der Waals surface area contributed by atoms with E-state index in [1.807, 2.05) is 0 Å². The largest absolute Gasteiger partial charge is 0.465 e. The number of methoxy groups -OCH3 is 1. The molecule has 1 fully saturated rings. The predicted molar refractivity (Wildman–Crippen MR) is 64.9 cm³/mol. The second kappa shape index (κ2) is 4.82. The fraction of sp³-hybridized carbons (Fsp3) is 0.455. The first-order valence-corrected chi connectivity index (χ1v) is 6.09. The third-order valence-corrected chi connectivity index (χ3v) is 3.60. The maximum atomic E-state index is 11.6. The molecule has 1 aliphatic heterocycles. The van der Waals surface area contributed by atoms with Gasteiger partial charge in [0.05, 0.1) is 12.1 Å². The van der Waals surface area contributed by atoms with Gasteiger partial charge in [-0.2, -0.15) is 0 Å². The Morgan fingerprint density at radius 3 is 3.12 bits per heavy atom.